The molecule has 3 rings (SSSR count). The van der Waals surface area contributed by atoms with Crippen molar-refractivity contribution in [1.82, 2.24) is 0 Å². The molecule has 18 heavy (non-hydrogen) atoms. The molecule has 2 aliphatic rings. The van der Waals surface area contributed by atoms with E-state index in [9.17, 15) is 4.79 Å². The predicted molar refractivity (Wildman–Crippen MR) is 65.1 cm³/mol. The first-order valence-electron chi connectivity index (χ1n) is 6.37. The average molecular weight is 248 g/mol. The normalized spacial score (nSPS) is 18.2. The average Bonchev–Trinajstić information content (AvgIpc) is 3.05. The van der Waals surface area contributed by atoms with E-state index in [1.807, 2.05) is 0 Å². The van der Waals surface area contributed by atoms with Gasteiger partial charge in [0.1, 0.15) is 6.61 Å². The second-order valence-corrected chi connectivity index (χ2v) is 4.71. The second kappa shape index (κ2) is 4.98. The van der Waals surface area contributed by atoms with Crippen LogP contribution in [-0.2, 0) is 4.74 Å². The lowest BCUT2D eigenvalue weighted by atomic mass is 10.1. The molecule has 0 saturated heterocycles. The van der Waals surface area contributed by atoms with Crippen LogP contribution in [0.15, 0.2) is 18.2 Å². The predicted octanol–water partition coefficient (Wildman–Crippen LogP) is 2.56. The number of hydrogen-bond acceptors (Lipinski definition) is 4. The van der Waals surface area contributed by atoms with Crippen molar-refractivity contribution in [3.8, 4) is 11.5 Å². The van der Waals surface area contributed by atoms with Crippen molar-refractivity contribution >= 4 is 5.78 Å². The van der Waals surface area contributed by atoms with Gasteiger partial charge in [0, 0.05) is 5.56 Å². The third-order valence-corrected chi connectivity index (χ3v) is 3.45. The van der Waals surface area contributed by atoms with Gasteiger partial charge in [0.15, 0.2) is 17.3 Å². The van der Waals surface area contributed by atoms with Crippen molar-refractivity contribution in [3.63, 3.8) is 0 Å². The summed E-state index contributed by atoms with van der Waals surface area (Å²) in [6.45, 7) is 0.385. The minimum atomic E-state index is 0.000185. The van der Waals surface area contributed by atoms with Gasteiger partial charge in [-0.05, 0) is 31.0 Å². The molecule has 4 heteroatoms. The van der Waals surface area contributed by atoms with Crippen LogP contribution in [-0.4, -0.2) is 25.3 Å². The highest BCUT2D eigenvalue weighted by molar-refractivity contribution is 5.97. The van der Waals surface area contributed by atoms with E-state index in [-0.39, 0.29) is 25.3 Å². The lowest BCUT2D eigenvalue weighted by molar-refractivity contribution is 0.0482. The fraction of sp³-hybridized carbons (Fsp3) is 0.500. The van der Waals surface area contributed by atoms with E-state index >= 15 is 0 Å². The third kappa shape index (κ3) is 2.34. The summed E-state index contributed by atoms with van der Waals surface area (Å²) in [6, 6.07) is 5.25. The fourth-order valence-electron chi connectivity index (χ4n) is 2.40. The van der Waals surface area contributed by atoms with Gasteiger partial charge < -0.3 is 14.2 Å². The van der Waals surface area contributed by atoms with Gasteiger partial charge in [0.2, 0.25) is 6.79 Å². The molecule has 96 valence electrons. The fourth-order valence-corrected chi connectivity index (χ4v) is 2.40. The zero-order chi connectivity index (χ0) is 12.4. The van der Waals surface area contributed by atoms with Crippen molar-refractivity contribution in [2.45, 2.75) is 31.8 Å². The van der Waals surface area contributed by atoms with Crippen LogP contribution in [0, 0.1) is 0 Å². The number of fused-ring (bicyclic) bond motifs is 1. The van der Waals surface area contributed by atoms with Gasteiger partial charge in [0.05, 0.1) is 6.10 Å². The SMILES string of the molecule is O=C(COC1CCCC1)c1ccc2c(c1)OCO2. The molecule has 0 atom stereocenters. The zero-order valence-corrected chi connectivity index (χ0v) is 10.2. The molecular weight excluding hydrogens is 232 g/mol. The summed E-state index contributed by atoms with van der Waals surface area (Å²) in [5, 5.41) is 0. The first kappa shape index (κ1) is 11.5. The van der Waals surface area contributed by atoms with Gasteiger partial charge in [-0.2, -0.15) is 0 Å². The summed E-state index contributed by atoms with van der Waals surface area (Å²) < 4.78 is 16.1. The van der Waals surface area contributed by atoms with Crippen LogP contribution in [0.25, 0.3) is 0 Å². The summed E-state index contributed by atoms with van der Waals surface area (Å²) in [5.41, 5.74) is 0.622. The Labute approximate surface area is 106 Å². The smallest absolute Gasteiger partial charge is 0.231 e. The summed E-state index contributed by atoms with van der Waals surface area (Å²) >= 11 is 0. The first-order chi connectivity index (χ1) is 8.83. The third-order valence-electron chi connectivity index (χ3n) is 3.45. The number of carbonyl (C=O) groups excluding carboxylic acids is 1. The molecule has 1 aliphatic heterocycles. The molecule has 0 aromatic heterocycles. The van der Waals surface area contributed by atoms with Crippen LogP contribution in [0.1, 0.15) is 36.0 Å². The Morgan fingerprint density at radius 2 is 2.00 bits per heavy atom. The molecule has 4 nitrogen and oxygen atoms in total. The molecular formula is C14H16O4. The monoisotopic (exact) mass is 248 g/mol. The van der Waals surface area contributed by atoms with Gasteiger partial charge in [-0.1, -0.05) is 12.8 Å². The van der Waals surface area contributed by atoms with Crippen molar-refractivity contribution < 1.29 is 19.0 Å². The Morgan fingerprint density at radius 3 is 2.83 bits per heavy atom. The summed E-state index contributed by atoms with van der Waals surface area (Å²) in [6.07, 6.45) is 4.84. The number of rotatable bonds is 4. The minimum Gasteiger partial charge on any atom is -0.454 e. The molecule has 1 aromatic rings. The number of carbonyl (C=O) groups is 1. The van der Waals surface area contributed by atoms with E-state index in [0.717, 1.165) is 12.8 Å². The van der Waals surface area contributed by atoms with Gasteiger partial charge in [-0.3, -0.25) is 4.79 Å². The summed E-state index contributed by atoms with van der Waals surface area (Å²) in [7, 11) is 0. The summed E-state index contributed by atoms with van der Waals surface area (Å²) in [4.78, 5) is 12.0. The minimum absolute atomic E-state index is 0.000185. The number of benzene rings is 1. The lowest BCUT2D eigenvalue weighted by Gasteiger charge is -2.10. The van der Waals surface area contributed by atoms with Gasteiger partial charge in [0.25, 0.3) is 0 Å². The van der Waals surface area contributed by atoms with E-state index in [0.29, 0.717) is 17.1 Å². The molecule has 1 aromatic carbocycles. The van der Waals surface area contributed by atoms with E-state index in [4.69, 9.17) is 14.2 Å². The van der Waals surface area contributed by atoms with Crippen LogP contribution >= 0.6 is 0 Å². The Hall–Kier alpha value is -1.55. The Bertz CT molecular complexity index is 449. The quantitative estimate of drug-likeness (QED) is 0.768. The maximum atomic E-state index is 12.0. The van der Waals surface area contributed by atoms with Crippen molar-refractivity contribution in [1.29, 1.82) is 0 Å². The van der Waals surface area contributed by atoms with Crippen LogP contribution in [0.2, 0.25) is 0 Å². The van der Waals surface area contributed by atoms with Crippen LogP contribution < -0.4 is 9.47 Å². The maximum absolute atomic E-state index is 12.0. The highest BCUT2D eigenvalue weighted by Crippen LogP contribution is 2.32. The second-order valence-electron chi connectivity index (χ2n) is 4.71. The standard InChI is InChI=1S/C14H16O4/c15-12(8-16-11-3-1-2-4-11)10-5-6-13-14(7-10)18-9-17-13/h5-7,11H,1-4,8-9H2. The Balaban J connectivity index is 1.61. The molecule has 0 unspecified atom stereocenters. The van der Waals surface area contributed by atoms with E-state index in [1.165, 1.54) is 12.8 Å². The van der Waals surface area contributed by atoms with E-state index in [2.05, 4.69) is 0 Å². The molecule has 1 aliphatic carbocycles. The zero-order valence-electron chi connectivity index (χ0n) is 10.2. The van der Waals surface area contributed by atoms with Gasteiger partial charge >= 0.3 is 0 Å². The largest absolute Gasteiger partial charge is 0.454 e. The van der Waals surface area contributed by atoms with Gasteiger partial charge in [-0.15, -0.1) is 0 Å². The molecule has 0 radical (unpaired) electrons. The Kier molecular flexibility index (Phi) is 3.19. The van der Waals surface area contributed by atoms with Crippen LogP contribution in [0.3, 0.4) is 0 Å². The highest BCUT2D eigenvalue weighted by atomic mass is 16.7. The van der Waals surface area contributed by atoms with Crippen LogP contribution in [0.4, 0.5) is 0 Å². The Morgan fingerprint density at radius 1 is 1.22 bits per heavy atom. The van der Waals surface area contributed by atoms with E-state index < -0.39 is 0 Å². The molecule has 0 amide bonds. The molecule has 0 N–H and O–H groups in total. The molecule has 0 bridgehead atoms. The van der Waals surface area contributed by atoms with E-state index in [1.54, 1.807) is 18.2 Å². The van der Waals surface area contributed by atoms with Crippen molar-refractivity contribution in [2.24, 2.45) is 0 Å². The number of hydrogen-bond donors (Lipinski definition) is 0. The number of ketones is 1. The number of ether oxygens (including phenoxy) is 3. The first-order valence-corrected chi connectivity index (χ1v) is 6.37. The molecule has 1 heterocycles. The van der Waals surface area contributed by atoms with Gasteiger partial charge in [-0.25, -0.2) is 0 Å². The molecule has 1 fully saturated rings. The summed E-state index contributed by atoms with van der Waals surface area (Å²) in [5.74, 6) is 1.34. The topological polar surface area (TPSA) is 44.8 Å². The lowest BCUT2D eigenvalue weighted by Crippen LogP contribution is -2.15. The highest BCUT2D eigenvalue weighted by Gasteiger charge is 2.19. The maximum Gasteiger partial charge on any atom is 0.231 e. The number of Topliss-reactive ketones (excluding diaryl/α,β-unsaturated/α-hetero) is 1. The van der Waals surface area contributed by atoms with Crippen molar-refractivity contribution in [2.75, 3.05) is 13.4 Å². The molecule has 0 spiro atoms. The molecule has 1 saturated carbocycles. The van der Waals surface area contributed by atoms with Crippen LogP contribution in [0.5, 0.6) is 11.5 Å². The van der Waals surface area contributed by atoms with Crippen molar-refractivity contribution in [3.05, 3.63) is 23.8 Å².